The zero-order chi connectivity index (χ0) is 26.3. The van der Waals surface area contributed by atoms with Gasteiger partial charge in [0, 0.05) is 36.7 Å². The van der Waals surface area contributed by atoms with Gasteiger partial charge in [0.2, 0.25) is 5.78 Å². The molecule has 12 heteroatoms. The van der Waals surface area contributed by atoms with E-state index in [9.17, 15) is 19.7 Å². The van der Waals surface area contributed by atoms with E-state index in [1.165, 1.54) is 28.4 Å². The molecule has 0 aliphatic carbocycles. The number of benzene rings is 1. The molecule has 1 amide bonds. The second-order valence-electron chi connectivity index (χ2n) is 10.5. The summed E-state index contributed by atoms with van der Waals surface area (Å²) in [7, 11) is -2.15. The number of imidazole rings is 1. The molecule has 1 aliphatic rings. The largest absolute Gasteiger partial charge is 0.445 e. The van der Waals surface area contributed by atoms with Gasteiger partial charge >= 0.3 is 6.09 Å². The maximum Gasteiger partial charge on any atom is 0.410 e. The number of hydrogen-bond acceptors (Lipinski definition) is 8. The number of carbonyl (C=O) groups is 2. The second kappa shape index (κ2) is 9.75. The molecule has 4 rings (SSSR count). The van der Waals surface area contributed by atoms with Crippen LogP contribution in [0.4, 0.5) is 10.5 Å². The molecule has 1 fully saturated rings. The fourth-order valence-electron chi connectivity index (χ4n) is 3.93. The maximum atomic E-state index is 13.6. The normalized spacial score (nSPS) is 18.5. The van der Waals surface area contributed by atoms with Crippen LogP contribution in [-0.4, -0.2) is 58.1 Å². The third-order valence-corrected chi connectivity index (χ3v) is 12.4. The Morgan fingerprint density at radius 3 is 2.58 bits per heavy atom. The highest BCUT2D eigenvalue weighted by Gasteiger charge is 2.46. The Labute approximate surface area is 214 Å². The number of nitrogens with zero attached hydrogens (tertiary/aromatic N) is 4. The first-order chi connectivity index (χ1) is 16.9. The quantitative estimate of drug-likeness (QED) is 0.176. The fourth-order valence-corrected chi connectivity index (χ4v) is 6.10. The Morgan fingerprint density at radius 1 is 1.25 bits per heavy atom. The summed E-state index contributed by atoms with van der Waals surface area (Å²) in [5.41, 5.74) is 0.900. The van der Waals surface area contributed by atoms with Gasteiger partial charge in [-0.05, 0) is 35.8 Å². The number of Topliss-reactive ketones (excluding diaryl/α,β-unsaturated/α-hetero) is 1. The first-order valence-corrected chi connectivity index (χ1v) is 15.4. The van der Waals surface area contributed by atoms with E-state index < -0.39 is 25.4 Å². The van der Waals surface area contributed by atoms with Crippen LogP contribution in [0.5, 0.6) is 0 Å². The minimum atomic E-state index is -2.15. The van der Waals surface area contributed by atoms with Crippen LogP contribution >= 0.6 is 11.3 Å². The highest BCUT2D eigenvalue weighted by molar-refractivity contribution is 7.15. The van der Waals surface area contributed by atoms with Gasteiger partial charge in [0.05, 0.1) is 11.0 Å². The molecule has 0 spiro atoms. The minimum absolute atomic E-state index is 0.0244. The maximum absolute atomic E-state index is 13.6. The van der Waals surface area contributed by atoms with Crippen molar-refractivity contribution >= 4 is 42.0 Å². The summed E-state index contributed by atoms with van der Waals surface area (Å²) in [4.78, 5) is 43.6. The number of fused-ring (bicyclic) bond motifs is 1. The number of hydrogen-bond donors (Lipinski definition) is 0. The van der Waals surface area contributed by atoms with Gasteiger partial charge in [0.1, 0.15) is 29.5 Å². The van der Waals surface area contributed by atoms with E-state index in [1.54, 1.807) is 22.9 Å². The molecule has 1 aromatic carbocycles. The van der Waals surface area contributed by atoms with Crippen molar-refractivity contribution in [3.63, 3.8) is 0 Å². The summed E-state index contributed by atoms with van der Waals surface area (Å²) in [6.45, 7) is 10.9. The van der Waals surface area contributed by atoms with E-state index in [-0.39, 0.29) is 35.8 Å². The second-order valence-corrected chi connectivity index (χ2v) is 16.1. The number of nitro benzene ring substituents is 1. The molecular weight excluding hydrogens is 500 g/mol. The van der Waals surface area contributed by atoms with Gasteiger partial charge in [0.15, 0.2) is 8.32 Å². The topological polar surface area (TPSA) is 116 Å². The molecule has 1 aliphatic heterocycles. The molecule has 36 heavy (non-hydrogen) atoms. The molecule has 1 saturated heterocycles. The van der Waals surface area contributed by atoms with Crippen LogP contribution in [0.3, 0.4) is 0 Å². The number of non-ortho nitro benzene ring substituents is 1. The third-order valence-electron chi connectivity index (χ3n) is 6.96. The lowest BCUT2D eigenvalue weighted by Crippen LogP contribution is -2.45. The summed E-state index contributed by atoms with van der Waals surface area (Å²) in [6, 6.07) is 5.05. The Morgan fingerprint density at radius 2 is 1.94 bits per heavy atom. The first-order valence-electron chi connectivity index (χ1n) is 11.7. The minimum Gasteiger partial charge on any atom is -0.445 e. The molecule has 0 N–H and O–H groups in total. The van der Waals surface area contributed by atoms with E-state index >= 15 is 0 Å². The van der Waals surface area contributed by atoms with Crippen molar-refractivity contribution in [2.75, 3.05) is 6.54 Å². The summed E-state index contributed by atoms with van der Waals surface area (Å²) in [6.07, 6.45) is 2.86. The summed E-state index contributed by atoms with van der Waals surface area (Å²) >= 11 is 1.41. The number of ketones is 1. The van der Waals surface area contributed by atoms with Gasteiger partial charge in [0.25, 0.3) is 5.69 Å². The number of aromatic nitrogens is 2. The molecule has 10 nitrogen and oxygen atoms in total. The van der Waals surface area contributed by atoms with Crippen molar-refractivity contribution in [1.29, 1.82) is 0 Å². The van der Waals surface area contributed by atoms with Crippen molar-refractivity contribution < 1.29 is 23.7 Å². The average molecular weight is 531 g/mol. The lowest BCUT2D eigenvalue weighted by molar-refractivity contribution is -0.384. The number of ether oxygens (including phenoxy) is 1. The van der Waals surface area contributed by atoms with Crippen LogP contribution in [0.1, 0.15) is 43.2 Å². The number of rotatable bonds is 7. The van der Waals surface area contributed by atoms with Gasteiger partial charge < -0.3 is 9.16 Å². The molecule has 192 valence electrons. The van der Waals surface area contributed by atoms with Crippen molar-refractivity contribution in [3.8, 4) is 0 Å². The highest BCUT2D eigenvalue weighted by Crippen LogP contribution is 2.39. The zero-order valence-corrected chi connectivity index (χ0v) is 22.8. The van der Waals surface area contributed by atoms with E-state index in [2.05, 4.69) is 38.8 Å². The number of amides is 1. The summed E-state index contributed by atoms with van der Waals surface area (Å²) in [5, 5.41) is 12.7. The SMILES string of the molecule is CC(C)(C)[Si](C)(C)OC1CC(C(=O)c2ncn3ccsc23)N(C(=O)OCc2ccc([N+](=O)[O-])cc2)C1. The molecule has 2 atom stereocenters. The van der Waals surface area contributed by atoms with Crippen molar-refractivity contribution in [2.45, 2.75) is 64.1 Å². The van der Waals surface area contributed by atoms with E-state index in [1.807, 2.05) is 11.6 Å². The first kappa shape index (κ1) is 26.0. The molecule has 0 saturated carbocycles. The fraction of sp³-hybridized carbons (Fsp3) is 0.458. The van der Waals surface area contributed by atoms with Crippen molar-refractivity contribution in [3.05, 3.63) is 63.5 Å². The standard InChI is InChI=1S/C24H30N4O6SSi/c1-24(2,3)36(4,5)34-18-12-19(21(29)20-22-26(15-25-20)10-11-35-22)27(13-18)23(30)33-14-16-6-8-17(9-7-16)28(31)32/h6-11,15,18-19H,12-14H2,1-5H3. The van der Waals surface area contributed by atoms with E-state index in [0.29, 0.717) is 17.7 Å². The molecule has 3 aromatic rings. The number of nitro groups is 1. The smallest absolute Gasteiger partial charge is 0.410 e. The van der Waals surface area contributed by atoms with Gasteiger partial charge in [-0.25, -0.2) is 9.78 Å². The third kappa shape index (κ3) is 5.20. The lowest BCUT2D eigenvalue weighted by Gasteiger charge is -2.38. The molecule has 2 aromatic heterocycles. The van der Waals surface area contributed by atoms with Crippen LogP contribution < -0.4 is 0 Å². The van der Waals surface area contributed by atoms with Crippen molar-refractivity contribution in [1.82, 2.24) is 14.3 Å². The number of carbonyl (C=O) groups excluding carboxylic acids is 2. The molecular formula is C24H30N4O6SSi. The Kier molecular flexibility index (Phi) is 7.04. The summed E-state index contributed by atoms with van der Waals surface area (Å²) < 4.78 is 13.9. The summed E-state index contributed by atoms with van der Waals surface area (Å²) in [5.74, 6) is -0.242. The molecule has 0 bridgehead atoms. The monoisotopic (exact) mass is 530 g/mol. The van der Waals surface area contributed by atoms with Crippen LogP contribution in [0.2, 0.25) is 18.1 Å². The van der Waals surface area contributed by atoms with Gasteiger partial charge in [-0.2, -0.15) is 0 Å². The average Bonchev–Trinajstić information content (AvgIpc) is 3.52. The predicted octanol–water partition coefficient (Wildman–Crippen LogP) is 5.29. The number of likely N-dealkylation sites (tertiary alicyclic amines) is 1. The Balaban J connectivity index is 1.53. The van der Waals surface area contributed by atoms with E-state index in [4.69, 9.17) is 9.16 Å². The predicted molar refractivity (Wildman–Crippen MR) is 138 cm³/mol. The molecule has 0 radical (unpaired) electrons. The van der Waals surface area contributed by atoms with Gasteiger partial charge in [-0.1, -0.05) is 20.8 Å². The van der Waals surface area contributed by atoms with Crippen LogP contribution in [-0.2, 0) is 15.8 Å². The van der Waals surface area contributed by atoms with Crippen LogP contribution in [0, 0.1) is 10.1 Å². The highest BCUT2D eigenvalue weighted by atomic mass is 32.1. The van der Waals surface area contributed by atoms with Crippen molar-refractivity contribution in [2.24, 2.45) is 0 Å². The van der Waals surface area contributed by atoms with Crippen LogP contribution in [0.25, 0.3) is 4.83 Å². The van der Waals surface area contributed by atoms with E-state index in [0.717, 1.165) is 4.83 Å². The van der Waals surface area contributed by atoms with Crippen LogP contribution in [0.15, 0.2) is 42.2 Å². The Hall–Kier alpha value is -3.09. The zero-order valence-electron chi connectivity index (χ0n) is 21.0. The Bertz CT molecular complexity index is 1280. The number of thiazole rings is 1. The molecule has 2 unspecified atom stereocenters. The lowest BCUT2D eigenvalue weighted by atomic mass is 10.1. The van der Waals surface area contributed by atoms with Gasteiger partial charge in [-0.15, -0.1) is 11.3 Å². The molecule has 3 heterocycles. The van der Waals surface area contributed by atoms with Gasteiger partial charge in [-0.3, -0.25) is 24.2 Å².